The van der Waals surface area contributed by atoms with Crippen molar-refractivity contribution in [1.82, 2.24) is 9.88 Å². The van der Waals surface area contributed by atoms with Gasteiger partial charge in [-0.15, -0.1) is 0 Å². The minimum Gasteiger partial charge on any atom is -0.493 e. The Morgan fingerprint density at radius 1 is 1.12 bits per heavy atom. The minimum atomic E-state index is -0.0103. The average molecular weight is 330 g/mol. The number of aromatic nitrogens is 1. The fourth-order valence-corrected chi connectivity index (χ4v) is 3.00. The Kier molecular flexibility index (Phi) is 4.54. The summed E-state index contributed by atoms with van der Waals surface area (Å²) in [4.78, 5) is 6.79. The third kappa shape index (κ3) is 3.41. The Bertz CT molecular complexity index is 716. The van der Waals surface area contributed by atoms with Crippen LogP contribution in [0.2, 0.25) is 0 Å². The Labute approximate surface area is 143 Å². The van der Waals surface area contributed by atoms with Crippen molar-refractivity contribution in [2.45, 2.75) is 45.7 Å². The van der Waals surface area contributed by atoms with Gasteiger partial charge in [0.05, 0.1) is 27.0 Å². The predicted molar refractivity (Wildman–Crippen MR) is 92.6 cm³/mol. The lowest BCUT2D eigenvalue weighted by atomic mass is 9.94. The van der Waals surface area contributed by atoms with Gasteiger partial charge in [0.25, 0.3) is 0 Å². The first kappa shape index (κ1) is 16.8. The molecule has 130 valence electrons. The topological polar surface area (TPSA) is 47.7 Å². The maximum atomic E-state index is 5.92. The van der Waals surface area contributed by atoms with Crippen molar-refractivity contribution in [2.75, 3.05) is 20.8 Å². The summed E-state index contributed by atoms with van der Waals surface area (Å²) in [5.74, 6) is 3.29. The van der Waals surface area contributed by atoms with Gasteiger partial charge in [-0.05, 0) is 29.7 Å². The minimum absolute atomic E-state index is 0.0103. The smallest absolute Gasteiger partial charge is 0.208 e. The third-order valence-electron chi connectivity index (χ3n) is 4.45. The fourth-order valence-electron chi connectivity index (χ4n) is 3.00. The molecule has 2 heterocycles. The first-order chi connectivity index (χ1) is 11.4. The largest absolute Gasteiger partial charge is 0.493 e. The van der Waals surface area contributed by atoms with Crippen LogP contribution in [0.25, 0.3) is 0 Å². The van der Waals surface area contributed by atoms with E-state index in [1.54, 1.807) is 14.2 Å². The molecular formula is C19H26N2O3. The Morgan fingerprint density at radius 3 is 2.38 bits per heavy atom. The first-order valence-corrected chi connectivity index (χ1v) is 8.32. The van der Waals surface area contributed by atoms with Crippen LogP contribution >= 0.6 is 0 Å². The van der Waals surface area contributed by atoms with Gasteiger partial charge in [0, 0.05) is 18.5 Å². The second kappa shape index (κ2) is 6.48. The number of hydrogen-bond donors (Lipinski definition) is 0. The van der Waals surface area contributed by atoms with Crippen molar-refractivity contribution in [3.05, 3.63) is 41.1 Å². The molecule has 0 aliphatic carbocycles. The van der Waals surface area contributed by atoms with Crippen LogP contribution in [0.4, 0.5) is 0 Å². The number of benzene rings is 1. The van der Waals surface area contributed by atoms with Gasteiger partial charge < -0.3 is 13.9 Å². The van der Waals surface area contributed by atoms with E-state index in [0.29, 0.717) is 0 Å². The van der Waals surface area contributed by atoms with Crippen LogP contribution in [-0.2, 0) is 24.9 Å². The molecule has 0 bridgehead atoms. The van der Waals surface area contributed by atoms with Crippen LogP contribution in [0.1, 0.15) is 43.5 Å². The number of rotatable bonds is 4. The van der Waals surface area contributed by atoms with Gasteiger partial charge in [-0.3, -0.25) is 4.90 Å². The van der Waals surface area contributed by atoms with Gasteiger partial charge in [-0.2, -0.15) is 0 Å². The molecule has 0 saturated heterocycles. The van der Waals surface area contributed by atoms with Gasteiger partial charge in [-0.25, -0.2) is 4.98 Å². The van der Waals surface area contributed by atoms with Gasteiger partial charge in [-0.1, -0.05) is 20.8 Å². The SMILES string of the molecule is COc1cc2c(cc1OC)CN(Cc1ncc(C(C)(C)C)o1)CC2. The van der Waals surface area contributed by atoms with Gasteiger partial charge >= 0.3 is 0 Å². The highest BCUT2D eigenvalue weighted by molar-refractivity contribution is 5.48. The lowest BCUT2D eigenvalue weighted by molar-refractivity contribution is 0.215. The second-order valence-corrected chi connectivity index (χ2v) is 7.30. The summed E-state index contributed by atoms with van der Waals surface area (Å²) >= 11 is 0. The summed E-state index contributed by atoms with van der Waals surface area (Å²) < 4.78 is 16.7. The van der Waals surface area contributed by atoms with Crippen molar-refractivity contribution in [2.24, 2.45) is 0 Å². The van der Waals surface area contributed by atoms with E-state index in [0.717, 1.165) is 49.2 Å². The number of methoxy groups -OCH3 is 2. The molecule has 24 heavy (non-hydrogen) atoms. The van der Waals surface area contributed by atoms with Crippen LogP contribution in [-0.4, -0.2) is 30.6 Å². The zero-order valence-corrected chi connectivity index (χ0v) is 15.2. The summed E-state index contributed by atoms with van der Waals surface area (Å²) in [6.07, 6.45) is 2.84. The van der Waals surface area contributed by atoms with E-state index in [4.69, 9.17) is 13.9 Å². The summed E-state index contributed by atoms with van der Waals surface area (Å²) in [5.41, 5.74) is 2.59. The number of fused-ring (bicyclic) bond motifs is 1. The molecule has 1 aliphatic rings. The van der Waals surface area contributed by atoms with Crippen LogP contribution < -0.4 is 9.47 Å². The van der Waals surface area contributed by atoms with Crippen LogP contribution in [0.15, 0.2) is 22.7 Å². The monoisotopic (exact) mass is 330 g/mol. The molecule has 0 saturated carbocycles. The molecule has 5 nitrogen and oxygen atoms in total. The van der Waals surface area contributed by atoms with E-state index in [1.807, 2.05) is 6.20 Å². The maximum absolute atomic E-state index is 5.92. The number of nitrogens with zero attached hydrogens (tertiary/aromatic N) is 2. The molecular weight excluding hydrogens is 304 g/mol. The Morgan fingerprint density at radius 2 is 1.79 bits per heavy atom. The standard InChI is InChI=1S/C19H26N2O3/c1-19(2,3)17-10-20-18(24-17)12-21-7-6-13-8-15(22-4)16(23-5)9-14(13)11-21/h8-10H,6-7,11-12H2,1-5H3. The molecule has 5 heteroatoms. The Balaban J connectivity index is 1.74. The van der Waals surface area contributed by atoms with E-state index in [-0.39, 0.29) is 5.41 Å². The number of oxazole rings is 1. The molecule has 0 unspecified atom stereocenters. The molecule has 0 radical (unpaired) electrons. The van der Waals surface area contributed by atoms with E-state index in [9.17, 15) is 0 Å². The summed E-state index contributed by atoms with van der Waals surface area (Å²) in [6.45, 7) is 8.97. The van der Waals surface area contributed by atoms with E-state index < -0.39 is 0 Å². The lowest BCUT2D eigenvalue weighted by Gasteiger charge is -2.28. The van der Waals surface area contributed by atoms with Crippen molar-refractivity contribution in [3.63, 3.8) is 0 Å². The van der Waals surface area contributed by atoms with E-state index >= 15 is 0 Å². The van der Waals surface area contributed by atoms with Crippen LogP contribution in [0.5, 0.6) is 11.5 Å². The quantitative estimate of drug-likeness (QED) is 0.858. The zero-order valence-electron chi connectivity index (χ0n) is 15.2. The van der Waals surface area contributed by atoms with Gasteiger partial charge in [0.1, 0.15) is 5.76 Å². The van der Waals surface area contributed by atoms with Crippen molar-refractivity contribution >= 4 is 0 Å². The van der Waals surface area contributed by atoms with Crippen molar-refractivity contribution in [1.29, 1.82) is 0 Å². The average Bonchev–Trinajstić information content (AvgIpc) is 3.02. The van der Waals surface area contributed by atoms with E-state index in [1.165, 1.54) is 11.1 Å². The molecule has 1 aliphatic heterocycles. The summed E-state index contributed by atoms with van der Waals surface area (Å²) in [5, 5.41) is 0. The molecule has 2 aromatic rings. The molecule has 0 N–H and O–H groups in total. The second-order valence-electron chi connectivity index (χ2n) is 7.30. The number of ether oxygens (including phenoxy) is 2. The molecule has 0 amide bonds. The zero-order chi connectivity index (χ0) is 17.3. The predicted octanol–water partition coefficient (Wildman–Crippen LogP) is 3.55. The highest BCUT2D eigenvalue weighted by Gasteiger charge is 2.23. The normalized spacial score (nSPS) is 15.2. The lowest BCUT2D eigenvalue weighted by Crippen LogP contribution is -2.30. The van der Waals surface area contributed by atoms with Gasteiger partial charge in [0.2, 0.25) is 5.89 Å². The highest BCUT2D eigenvalue weighted by Crippen LogP contribution is 2.33. The Hall–Kier alpha value is -2.01. The molecule has 1 aromatic carbocycles. The summed E-state index contributed by atoms with van der Waals surface area (Å²) in [7, 11) is 3.35. The van der Waals surface area contributed by atoms with Crippen LogP contribution in [0.3, 0.4) is 0 Å². The third-order valence-corrected chi connectivity index (χ3v) is 4.45. The number of hydrogen-bond acceptors (Lipinski definition) is 5. The molecule has 0 spiro atoms. The molecule has 0 atom stereocenters. The first-order valence-electron chi connectivity index (χ1n) is 8.32. The molecule has 0 fully saturated rings. The van der Waals surface area contributed by atoms with Crippen molar-refractivity contribution < 1.29 is 13.9 Å². The highest BCUT2D eigenvalue weighted by atomic mass is 16.5. The van der Waals surface area contributed by atoms with Gasteiger partial charge in [0.15, 0.2) is 11.5 Å². The molecule has 3 rings (SSSR count). The summed E-state index contributed by atoms with van der Waals surface area (Å²) in [6, 6.07) is 4.17. The fraction of sp³-hybridized carbons (Fsp3) is 0.526. The van der Waals surface area contributed by atoms with E-state index in [2.05, 4.69) is 42.8 Å². The molecule has 1 aromatic heterocycles. The van der Waals surface area contributed by atoms with Crippen molar-refractivity contribution in [3.8, 4) is 11.5 Å². The maximum Gasteiger partial charge on any atom is 0.208 e. The van der Waals surface area contributed by atoms with Crippen LogP contribution in [0, 0.1) is 0 Å².